The van der Waals surface area contributed by atoms with E-state index in [9.17, 15) is 9.59 Å². The van der Waals surface area contributed by atoms with E-state index in [1.54, 1.807) is 17.1 Å². The molecule has 0 radical (unpaired) electrons. The van der Waals surface area contributed by atoms with Crippen LogP contribution in [0.4, 0.5) is 0 Å². The molecule has 2 aromatic carbocycles. The summed E-state index contributed by atoms with van der Waals surface area (Å²) in [5.41, 5.74) is 5.89. The molecule has 2 N–H and O–H groups in total. The monoisotopic (exact) mass is 364 g/mol. The first kappa shape index (κ1) is 18.6. The summed E-state index contributed by atoms with van der Waals surface area (Å²) in [6.45, 7) is 5.92. The molecule has 0 aliphatic heterocycles. The summed E-state index contributed by atoms with van der Waals surface area (Å²) in [6.07, 6.45) is 2.11. The van der Waals surface area contributed by atoms with Crippen LogP contribution in [0, 0.1) is 12.8 Å². The van der Waals surface area contributed by atoms with Crippen molar-refractivity contribution >= 4 is 22.8 Å². The number of nitrogens with one attached hydrogen (secondary N) is 2. The number of aryl methyl sites for hydroxylation is 1. The molecule has 3 aromatic rings. The predicted octanol–water partition coefficient (Wildman–Crippen LogP) is 3.26. The fraction of sp³-hybridized carbons (Fsp3) is 0.286. The van der Waals surface area contributed by atoms with E-state index in [0.717, 1.165) is 16.6 Å². The van der Waals surface area contributed by atoms with E-state index < -0.39 is 6.04 Å². The fourth-order valence-electron chi connectivity index (χ4n) is 3.01. The Labute approximate surface area is 158 Å². The summed E-state index contributed by atoms with van der Waals surface area (Å²) in [6, 6.07) is 14.2. The smallest absolute Gasteiger partial charge is 0.261 e. The van der Waals surface area contributed by atoms with Crippen molar-refractivity contribution in [3.63, 3.8) is 0 Å². The quantitative estimate of drug-likeness (QED) is 0.705. The van der Waals surface area contributed by atoms with Crippen molar-refractivity contribution < 1.29 is 9.59 Å². The topological polar surface area (TPSA) is 76.0 Å². The van der Waals surface area contributed by atoms with Gasteiger partial charge in [0.15, 0.2) is 0 Å². The van der Waals surface area contributed by atoms with Gasteiger partial charge in [0.2, 0.25) is 0 Å². The van der Waals surface area contributed by atoms with Crippen LogP contribution in [-0.4, -0.2) is 27.5 Å². The number of nitrogens with zero attached hydrogens (tertiary/aromatic N) is 2. The highest BCUT2D eigenvalue weighted by Gasteiger charge is 2.23. The van der Waals surface area contributed by atoms with Gasteiger partial charge in [0.1, 0.15) is 12.4 Å². The Morgan fingerprint density at radius 3 is 2.52 bits per heavy atom. The highest BCUT2D eigenvalue weighted by atomic mass is 16.2. The SMILES string of the molecule is Cc1ccccc1C(=O)NC(CC(C)C)C(=O)Nn1cnc2ccccc21. The zero-order chi connectivity index (χ0) is 19.4. The second-order valence-electron chi connectivity index (χ2n) is 7.05. The average molecular weight is 364 g/mol. The number of benzene rings is 2. The lowest BCUT2D eigenvalue weighted by Gasteiger charge is -2.21. The van der Waals surface area contributed by atoms with Crippen LogP contribution in [0.2, 0.25) is 0 Å². The molecule has 6 nitrogen and oxygen atoms in total. The van der Waals surface area contributed by atoms with Crippen molar-refractivity contribution in [2.24, 2.45) is 5.92 Å². The number of rotatable bonds is 6. The normalized spacial score (nSPS) is 12.1. The van der Waals surface area contributed by atoms with Gasteiger partial charge in [-0.2, -0.15) is 0 Å². The molecule has 1 unspecified atom stereocenters. The molecule has 140 valence electrons. The van der Waals surface area contributed by atoms with Gasteiger partial charge in [-0.3, -0.25) is 15.0 Å². The third-order valence-electron chi connectivity index (χ3n) is 4.40. The molecule has 0 saturated heterocycles. The van der Waals surface area contributed by atoms with Crippen molar-refractivity contribution in [1.29, 1.82) is 0 Å². The molecule has 6 heteroatoms. The van der Waals surface area contributed by atoms with Crippen molar-refractivity contribution in [3.05, 3.63) is 66.0 Å². The summed E-state index contributed by atoms with van der Waals surface area (Å²) in [5.74, 6) is -0.268. The molecule has 27 heavy (non-hydrogen) atoms. The van der Waals surface area contributed by atoms with Gasteiger partial charge in [-0.1, -0.05) is 44.2 Å². The molecule has 0 saturated carbocycles. The predicted molar refractivity (Wildman–Crippen MR) is 106 cm³/mol. The minimum Gasteiger partial charge on any atom is -0.340 e. The number of carbonyl (C=O) groups excluding carboxylic acids is 2. The molecule has 0 bridgehead atoms. The summed E-state index contributed by atoms with van der Waals surface area (Å²) in [4.78, 5) is 29.8. The minimum absolute atomic E-state index is 0.246. The van der Waals surface area contributed by atoms with Crippen molar-refractivity contribution in [1.82, 2.24) is 15.0 Å². The third-order valence-corrected chi connectivity index (χ3v) is 4.40. The Morgan fingerprint density at radius 2 is 1.78 bits per heavy atom. The van der Waals surface area contributed by atoms with Crippen LogP contribution in [0.3, 0.4) is 0 Å². The molecule has 3 rings (SSSR count). The zero-order valence-corrected chi connectivity index (χ0v) is 15.8. The molecule has 0 aliphatic rings. The van der Waals surface area contributed by atoms with Gasteiger partial charge in [-0.25, -0.2) is 9.66 Å². The molecule has 2 amide bonds. The van der Waals surface area contributed by atoms with Crippen molar-refractivity contribution in [2.75, 3.05) is 5.43 Å². The van der Waals surface area contributed by atoms with Gasteiger partial charge in [-0.15, -0.1) is 0 Å². The molecule has 1 aromatic heterocycles. The maximum atomic E-state index is 12.9. The Kier molecular flexibility index (Phi) is 5.54. The highest BCUT2D eigenvalue weighted by molar-refractivity contribution is 6.00. The molecule has 0 fully saturated rings. The number of amides is 2. The third kappa shape index (κ3) is 4.34. The van der Waals surface area contributed by atoms with Crippen LogP contribution in [-0.2, 0) is 4.79 Å². The van der Waals surface area contributed by atoms with E-state index in [4.69, 9.17) is 0 Å². The van der Waals surface area contributed by atoms with Crippen LogP contribution in [0.1, 0.15) is 36.2 Å². The maximum absolute atomic E-state index is 12.9. The lowest BCUT2D eigenvalue weighted by molar-refractivity contribution is -0.119. The first-order valence-electron chi connectivity index (χ1n) is 9.05. The standard InChI is InChI=1S/C21H24N4O2/c1-14(2)12-18(23-20(26)16-9-5-4-8-15(16)3)21(27)24-25-13-22-17-10-6-7-11-19(17)25/h4-11,13-14,18H,12H2,1-3H3,(H,23,26)(H,24,27). The molecule has 0 spiro atoms. The number of carbonyl (C=O) groups is 2. The Balaban J connectivity index is 1.78. The van der Waals surface area contributed by atoms with Crippen LogP contribution in [0.5, 0.6) is 0 Å². The second kappa shape index (κ2) is 8.03. The summed E-state index contributed by atoms with van der Waals surface area (Å²) >= 11 is 0. The van der Waals surface area contributed by atoms with Crippen LogP contribution in [0.25, 0.3) is 11.0 Å². The van der Waals surface area contributed by atoms with Gasteiger partial charge in [-0.05, 0) is 43.0 Å². The number of hydrogen-bond donors (Lipinski definition) is 2. The van der Waals surface area contributed by atoms with Gasteiger partial charge >= 0.3 is 0 Å². The molecule has 1 heterocycles. The number of para-hydroxylation sites is 2. The van der Waals surface area contributed by atoms with E-state index in [0.29, 0.717) is 12.0 Å². The summed E-state index contributed by atoms with van der Waals surface area (Å²) in [7, 11) is 0. The van der Waals surface area contributed by atoms with Crippen LogP contribution in [0.15, 0.2) is 54.9 Å². The van der Waals surface area contributed by atoms with Crippen molar-refractivity contribution in [2.45, 2.75) is 33.2 Å². The zero-order valence-electron chi connectivity index (χ0n) is 15.8. The Hall–Kier alpha value is -3.15. The van der Waals surface area contributed by atoms with Crippen LogP contribution >= 0.6 is 0 Å². The first-order chi connectivity index (χ1) is 13.0. The number of aromatic nitrogens is 2. The number of fused-ring (bicyclic) bond motifs is 1. The van der Waals surface area contributed by atoms with E-state index in [2.05, 4.69) is 15.7 Å². The lowest BCUT2D eigenvalue weighted by Crippen LogP contribution is -2.46. The molecule has 1 atom stereocenters. The highest BCUT2D eigenvalue weighted by Crippen LogP contribution is 2.13. The van der Waals surface area contributed by atoms with Crippen LogP contribution < -0.4 is 10.7 Å². The fourth-order valence-corrected chi connectivity index (χ4v) is 3.01. The summed E-state index contributed by atoms with van der Waals surface area (Å²) < 4.78 is 1.59. The minimum atomic E-state index is -0.640. The Bertz CT molecular complexity index is 961. The molecular formula is C21H24N4O2. The number of hydrogen-bond acceptors (Lipinski definition) is 3. The van der Waals surface area contributed by atoms with E-state index >= 15 is 0 Å². The first-order valence-corrected chi connectivity index (χ1v) is 9.05. The van der Waals surface area contributed by atoms with Gasteiger partial charge < -0.3 is 5.32 Å². The lowest BCUT2D eigenvalue weighted by atomic mass is 10.0. The summed E-state index contributed by atoms with van der Waals surface area (Å²) in [5, 5.41) is 2.88. The molecule has 0 aliphatic carbocycles. The Morgan fingerprint density at radius 1 is 1.07 bits per heavy atom. The van der Waals surface area contributed by atoms with Gasteiger partial charge in [0.25, 0.3) is 11.8 Å². The molecular weight excluding hydrogens is 340 g/mol. The van der Waals surface area contributed by atoms with Gasteiger partial charge in [0.05, 0.1) is 11.0 Å². The second-order valence-corrected chi connectivity index (χ2v) is 7.05. The largest absolute Gasteiger partial charge is 0.340 e. The van der Waals surface area contributed by atoms with Gasteiger partial charge in [0, 0.05) is 5.56 Å². The van der Waals surface area contributed by atoms with E-state index in [1.165, 1.54) is 0 Å². The maximum Gasteiger partial charge on any atom is 0.261 e. The van der Waals surface area contributed by atoms with Crippen molar-refractivity contribution in [3.8, 4) is 0 Å². The average Bonchev–Trinajstić information content (AvgIpc) is 3.04. The van der Waals surface area contributed by atoms with E-state index in [1.807, 2.05) is 63.2 Å². The van der Waals surface area contributed by atoms with E-state index in [-0.39, 0.29) is 17.7 Å². The number of imidazole rings is 1.